The maximum Gasteiger partial charge on any atom is 0.138 e. The van der Waals surface area contributed by atoms with Crippen LogP contribution in [0.3, 0.4) is 0 Å². The van der Waals surface area contributed by atoms with E-state index >= 15 is 0 Å². The number of ether oxygens (including phenoxy) is 1. The van der Waals surface area contributed by atoms with E-state index in [0.29, 0.717) is 13.2 Å². The molecule has 1 fully saturated rings. The van der Waals surface area contributed by atoms with Gasteiger partial charge in [-0.1, -0.05) is 5.16 Å². The van der Waals surface area contributed by atoms with Crippen molar-refractivity contribution in [3.8, 4) is 0 Å². The Bertz CT molecular complexity index is 434. The Hall–Kier alpha value is -0.950. The van der Waals surface area contributed by atoms with Crippen molar-refractivity contribution < 1.29 is 14.4 Å². The Morgan fingerprint density at radius 2 is 1.82 bits per heavy atom. The van der Waals surface area contributed by atoms with E-state index < -0.39 is 6.10 Å². The third kappa shape index (κ3) is 5.05. The van der Waals surface area contributed by atoms with Gasteiger partial charge in [0.05, 0.1) is 24.5 Å². The summed E-state index contributed by atoms with van der Waals surface area (Å²) in [6.45, 7) is 13.9. The van der Waals surface area contributed by atoms with Crippen LogP contribution >= 0.6 is 0 Å². The summed E-state index contributed by atoms with van der Waals surface area (Å²) in [7, 11) is 0. The summed E-state index contributed by atoms with van der Waals surface area (Å²) in [6.07, 6.45) is -0.238. The van der Waals surface area contributed by atoms with Crippen LogP contribution in [0.15, 0.2) is 4.52 Å². The minimum absolute atomic E-state index is 0.168. The zero-order valence-electron chi connectivity index (χ0n) is 14.2. The van der Waals surface area contributed by atoms with Gasteiger partial charge in [0, 0.05) is 44.8 Å². The van der Waals surface area contributed by atoms with Gasteiger partial charge in [-0.3, -0.25) is 9.80 Å². The lowest BCUT2D eigenvalue weighted by molar-refractivity contribution is -0.0148. The second-order valence-electron chi connectivity index (χ2n) is 6.42. The topological polar surface area (TPSA) is 62.0 Å². The predicted molar refractivity (Wildman–Crippen MR) is 84.8 cm³/mol. The lowest BCUT2D eigenvalue weighted by atomic mass is 10.1. The molecule has 2 heterocycles. The highest BCUT2D eigenvalue weighted by Crippen LogP contribution is 2.16. The summed E-state index contributed by atoms with van der Waals surface area (Å²) in [4.78, 5) is 4.72. The molecule has 1 N–H and O–H groups in total. The van der Waals surface area contributed by atoms with Crippen molar-refractivity contribution in [1.82, 2.24) is 15.0 Å². The molecule has 1 aliphatic heterocycles. The number of aryl methyl sites for hydroxylation is 2. The molecule has 22 heavy (non-hydrogen) atoms. The molecule has 0 saturated carbocycles. The molecule has 0 amide bonds. The first kappa shape index (κ1) is 17.4. The highest BCUT2D eigenvalue weighted by molar-refractivity contribution is 5.20. The van der Waals surface area contributed by atoms with E-state index in [0.717, 1.165) is 44.2 Å². The van der Waals surface area contributed by atoms with Gasteiger partial charge < -0.3 is 14.4 Å². The Morgan fingerprint density at radius 3 is 2.36 bits per heavy atom. The van der Waals surface area contributed by atoms with E-state index in [-0.39, 0.29) is 6.10 Å². The van der Waals surface area contributed by atoms with Crippen molar-refractivity contribution in [1.29, 1.82) is 0 Å². The number of hydrogen-bond acceptors (Lipinski definition) is 6. The highest BCUT2D eigenvalue weighted by Gasteiger charge is 2.21. The number of piperazine rings is 1. The molecule has 1 saturated heterocycles. The van der Waals surface area contributed by atoms with Crippen molar-refractivity contribution in [3.63, 3.8) is 0 Å². The first-order valence-electron chi connectivity index (χ1n) is 8.11. The van der Waals surface area contributed by atoms with Crippen LogP contribution in [0.25, 0.3) is 0 Å². The van der Waals surface area contributed by atoms with Crippen LogP contribution in [0, 0.1) is 13.8 Å². The third-order valence-corrected chi connectivity index (χ3v) is 4.12. The predicted octanol–water partition coefficient (Wildman–Crippen LogP) is 1.19. The molecule has 0 aromatic carbocycles. The summed E-state index contributed by atoms with van der Waals surface area (Å²) in [5.41, 5.74) is 2.19. The molecule has 6 heteroatoms. The first-order valence-corrected chi connectivity index (χ1v) is 8.11. The van der Waals surface area contributed by atoms with E-state index in [4.69, 9.17) is 9.26 Å². The standard InChI is InChI=1S/C16H29N3O3/c1-12(2)21-11-15(20)9-18-5-7-19(8-6-18)10-16-13(3)17-22-14(16)4/h12,15,20H,5-11H2,1-4H3/t15-/m0/s1. The fraction of sp³-hybridized carbons (Fsp3) is 0.812. The third-order valence-electron chi connectivity index (χ3n) is 4.12. The number of β-amino-alcohol motifs (C(OH)–C–C–N with tert-alkyl or cyclic N) is 1. The zero-order chi connectivity index (χ0) is 16.1. The van der Waals surface area contributed by atoms with Crippen molar-refractivity contribution in [3.05, 3.63) is 17.0 Å². The fourth-order valence-corrected chi connectivity index (χ4v) is 2.74. The average molecular weight is 311 g/mol. The van der Waals surface area contributed by atoms with Crippen LogP contribution in [0.5, 0.6) is 0 Å². The van der Waals surface area contributed by atoms with Gasteiger partial charge >= 0.3 is 0 Å². The molecule has 1 aromatic rings. The van der Waals surface area contributed by atoms with Gasteiger partial charge in [0.15, 0.2) is 0 Å². The maximum atomic E-state index is 10.00. The van der Waals surface area contributed by atoms with E-state index in [1.54, 1.807) is 0 Å². The quantitative estimate of drug-likeness (QED) is 0.816. The highest BCUT2D eigenvalue weighted by atomic mass is 16.5. The van der Waals surface area contributed by atoms with Gasteiger partial charge in [0.2, 0.25) is 0 Å². The van der Waals surface area contributed by atoms with Crippen molar-refractivity contribution in [2.75, 3.05) is 39.3 Å². The van der Waals surface area contributed by atoms with Crippen LogP contribution in [0.2, 0.25) is 0 Å². The van der Waals surface area contributed by atoms with E-state index in [1.165, 1.54) is 5.56 Å². The Morgan fingerprint density at radius 1 is 1.18 bits per heavy atom. The molecule has 0 spiro atoms. The molecule has 0 bridgehead atoms. The summed E-state index contributed by atoms with van der Waals surface area (Å²) in [5, 5.41) is 14.0. The van der Waals surface area contributed by atoms with Crippen molar-refractivity contribution >= 4 is 0 Å². The average Bonchev–Trinajstić information content (AvgIpc) is 2.79. The monoisotopic (exact) mass is 311 g/mol. The van der Waals surface area contributed by atoms with E-state index in [2.05, 4.69) is 15.0 Å². The van der Waals surface area contributed by atoms with Gasteiger partial charge in [0.25, 0.3) is 0 Å². The Balaban J connectivity index is 1.71. The number of nitrogens with zero attached hydrogens (tertiary/aromatic N) is 3. The normalized spacial score (nSPS) is 19.0. The molecule has 0 radical (unpaired) electrons. The SMILES string of the molecule is Cc1noc(C)c1CN1CCN(C[C@H](O)COC(C)C)CC1. The molecular formula is C16H29N3O3. The molecule has 2 rings (SSSR count). The second kappa shape index (κ2) is 8.06. The number of aliphatic hydroxyl groups excluding tert-OH is 1. The van der Waals surface area contributed by atoms with Gasteiger partial charge in [-0.15, -0.1) is 0 Å². The van der Waals surface area contributed by atoms with Gasteiger partial charge in [-0.2, -0.15) is 0 Å². The zero-order valence-corrected chi connectivity index (χ0v) is 14.2. The Kier molecular flexibility index (Phi) is 6.37. The number of aromatic nitrogens is 1. The molecule has 1 aliphatic rings. The number of aliphatic hydroxyl groups is 1. The van der Waals surface area contributed by atoms with Crippen LogP contribution in [-0.2, 0) is 11.3 Å². The molecule has 6 nitrogen and oxygen atoms in total. The Labute approximate surface area is 133 Å². The first-order chi connectivity index (χ1) is 10.5. The maximum absolute atomic E-state index is 10.00. The van der Waals surface area contributed by atoms with Crippen molar-refractivity contribution in [2.45, 2.75) is 46.4 Å². The molecule has 0 unspecified atom stereocenters. The summed E-state index contributed by atoms with van der Waals surface area (Å²) >= 11 is 0. The van der Waals surface area contributed by atoms with Crippen LogP contribution in [0.1, 0.15) is 30.9 Å². The number of rotatable bonds is 7. The molecule has 0 aliphatic carbocycles. The minimum atomic E-state index is -0.406. The summed E-state index contributed by atoms with van der Waals surface area (Å²) in [6, 6.07) is 0. The number of hydrogen-bond donors (Lipinski definition) is 1. The van der Waals surface area contributed by atoms with Gasteiger partial charge in [-0.25, -0.2) is 0 Å². The van der Waals surface area contributed by atoms with Crippen molar-refractivity contribution in [2.24, 2.45) is 0 Å². The van der Waals surface area contributed by atoms with Gasteiger partial charge in [0.1, 0.15) is 5.76 Å². The van der Waals surface area contributed by atoms with Crippen LogP contribution in [-0.4, -0.2) is 71.6 Å². The summed E-state index contributed by atoms with van der Waals surface area (Å²) < 4.78 is 10.7. The molecule has 1 aromatic heterocycles. The second-order valence-corrected chi connectivity index (χ2v) is 6.42. The van der Waals surface area contributed by atoms with E-state index in [1.807, 2.05) is 27.7 Å². The van der Waals surface area contributed by atoms with Gasteiger partial charge in [-0.05, 0) is 27.7 Å². The molecule has 1 atom stereocenters. The molecule has 126 valence electrons. The van der Waals surface area contributed by atoms with E-state index in [9.17, 15) is 5.11 Å². The minimum Gasteiger partial charge on any atom is -0.389 e. The van der Waals surface area contributed by atoms with Crippen LogP contribution < -0.4 is 0 Å². The summed E-state index contributed by atoms with van der Waals surface area (Å²) in [5.74, 6) is 0.918. The lowest BCUT2D eigenvalue weighted by Gasteiger charge is -2.35. The largest absolute Gasteiger partial charge is 0.389 e. The van der Waals surface area contributed by atoms with Crippen LogP contribution in [0.4, 0.5) is 0 Å². The fourth-order valence-electron chi connectivity index (χ4n) is 2.74. The smallest absolute Gasteiger partial charge is 0.138 e. The molecular weight excluding hydrogens is 282 g/mol. The lowest BCUT2D eigenvalue weighted by Crippen LogP contribution is -2.48.